The van der Waals surface area contributed by atoms with E-state index in [1.807, 2.05) is 6.92 Å². The third-order valence-electron chi connectivity index (χ3n) is 3.54. The summed E-state index contributed by atoms with van der Waals surface area (Å²) >= 11 is 6.20. The second kappa shape index (κ2) is 7.82. The Labute approximate surface area is 141 Å². The van der Waals surface area contributed by atoms with Gasteiger partial charge in [-0.25, -0.2) is 4.79 Å². The van der Waals surface area contributed by atoms with Crippen molar-refractivity contribution < 1.29 is 9.90 Å². The van der Waals surface area contributed by atoms with Crippen LogP contribution in [0.3, 0.4) is 0 Å². The summed E-state index contributed by atoms with van der Waals surface area (Å²) in [6.45, 7) is 3.82. The normalized spacial score (nSPS) is 10.5. The predicted molar refractivity (Wildman–Crippen MR) is 92.5 cm³/mol. The van der Waals surface area contributed by atoms with Gasteiger partial charge >= 0.3 is 5.97 Å². The Balaban J connectivity index is 2.14. The highest BCUT2D eigenvalue weighted by molar-refractivity contribution is 6.31. The maximum absolute atomic E-state index is 11.0. The van der Waals surface area contributed by atoms with Gasteiger partial charge in [0, 0.05) is 18.1 Å². The van der Waals surface area contributed by atoms with Gasteiger partial charge in [0.05, 0.1) is 12.1 Å². The molecule has 23 heavy (non-hydrogen) atoms. The summed E-state index contributed by atoms with van der Waals surface area (Å²) in [5, 5.41) is 9.43. The number of carboxylic acid groups (broad SMARTS) is 1. The first kappa shape index (κ1) is 17.1. The van der Waals surface area contributed by atoms with Crippen LogP contribution in [0.25, 0.3) is 0 Å². The van der Waals surface area contributed by atoms with Crippen LogP contribution in [-0.4, -0.2) is 22.5 Å². The SMILES string of the molecule is C#CCN(Cc1ccc(C)cc1)Cc1ccc(C(=O)O)cc1Cl. The van der Waals surface area contributed by atoms with Crippen molar-refractivity contribution in [1.29, 1.82) is 0 Å². The highest BCUT2D eigenvalue weighted by Gasteiger charge is 2.11. The van der Waals surface area contributed by atoms with Crippen LogP contribution in [0.2, 0.25) is 5.02 Å². The van der Waals surface area contributed by atoms with Crippen molar-refractivity contribution in [2.45, 2.75) is 20.0 Å². The van der Waals surface area contributed by atoms with Crippen LogP contribution in [0.1, 0.15) is 27.0 Å². The number of nitrogens with zero attached hydrogens (tertiary/aromatic N) is 1. The molecule has 0 aromatic heterocycles. The van der Waals surface area contributed by atoms with Crippen molar-refractivity contribution in [2.75, 3.05) is 6.54 Å². The van der Waals surface area contributed by atoms with Gasteiger partial charge in [-0.15, -0.1) is 6.42 Å². The van der Waals surface area contributed by atoms with E-state index in [1.165, 1.54) is 17.2 Å². The zero-order valence-electron chi connectivity index (χ0n) is 12.9. The lowest BCUT2D eigenvalue weighted by atomic mass is 10.1. The van der Waals surface area contributed by atoms with E-state index in [4.69, 9.17) is 23.1 Å². The van der Waals surface area contributed by atoms with Crippen LogP contribution in [0.15, 0.2) is 42.5 Å². The van der Waals surface area contributed by atoms with Crippen LogP contribution in [0.5, 0.6) is 0 Å². The summed E-state index contributed by atoms with van der Waals surface area (Å²) < 4.78 is 0. The van der Waals surface area contributed by atoms with Crippen molar-refractivity contribution in [3.8, 4) is 12.3 Å². The van der Waals surface area contributed by atoms with E-state index in [2.05, 4.69) is 35.1 Å². The summed E-state index contributed by atoms with van der Waals surface area (Å²) in [5.74, 6) is 1.67. The number of aromatic carboxylic acids is 1. The Bertz CT molecular complexity index is 732. The van der Waals surface area contributed by atoms with Crippen LogP contribution < -0.4 is 0 Å². The molecule has 3 nitrogen and oxygen atoms in total. The molecule has 118 valence electrons. The lowest BCUT2D eigenvalue weighted by Crippen LogP contribution is -2.23. The lowest BCUT2D eigenvalue weighted by molar-refractivity contribution is 0.0697. The van der Waals surface area contributed by atoms with E-state index in [0.717, 1.165) is 5.56 Å². The molecule has 0 unspecified atom stereocenters. The number of aryl methyl sites for hydroxylation is 1. The van der Waals surface area contributed by atoms with Crippen LogP contribution >= 0.6 is 11.6 Å². The summed E-state index contributed by atoms with van der Waals surface area (Å²) in [6, 6.07) is 13.1. The molecule has 0 atom stereocenters. The van der Waals surface area contributed by atoms with Gasteiger partial charge in [-0.3, -0.25) is 4.90 Å². The van der Waals surface area contributed by atoms with E-state index >= 15 is 0 Å². The molecular formula is C19H18ClNO2. The Hall–Kier alpha value is -2.28. The van der Waals surface area contributed by atoms with Crippen LogP contribution in [0.4, 0.5) is 0 Å². The first-order valence-corrected chi connectivity index (χ1v) is 7.60. The second-order valence-electron chi connectivity index (χ2n) is 5.45. The fourth-order valence-electron chi connectivity index (χ4n) is 2.30. The van der Waals surface area contributed by atoms with Gasteiger partial charge in [0.15, 0.2) is 0 Å². The van der Waals surface area contributed by atoms with Gasteiger partial charge in [0.2, 0.25) is 0 Å². The fourth-order valence-corrected chi connectivity index (χ4v) is 2.54. The van der Waals surface area contributed by atoms with Crippen LogP contribution in [-0.2, 0) is 13.1 Å². The molecular weight excluding hydrogens is 310 g/mol. The van der Waals surface area contributed by atoms with Gasteiger partial charge in [-0.1, -0.05) is 53.4 Å². The Kier molecular flexibility index (Phi) is 5.81. The molecule has 0 radical (unpaired) electrons. The summed E-state index contributed by atoms with van der Waals surface area (Å²) in [5.41, 5.74) is 3.42. The molecule has 0 saturated carbocycles. The average Bonchev–Trinajstić information content (AvgIpc) is 2.51. The van der Waals surface area contributed by atoms with Crippen molar-refractivity contribution >= 4 is 17.6 Å². The molecule has 0 aliphatic rings. The highest BCUT2D eigenvalue weighted by Crippen LogP contribution is 2.21. The molecule has 0 spiro atoms. The van der Waals surface area contributed by atoms with Crippen molar-refractivity contribution in [3.63, 3.8) is 0 Å². The second-order valence-corrected chi connectivity index (χ2v) is 5.85. The molecule has 0 bridgehead atoms. The number of benzene rings is 2. The monoisotopic (exact) mass is 327 g/mol. The lowest BCUT2D eigenvalue weighted by Gasteiger charge is -2.21. The minimum atomic E-state index is -0.987. The number of carboxylic acids is 1. The number of halogens is 1. The smallest absolute Gasteiger partial charge is 0.335 e. The molecule has 0 aliphatic carbocycles. The Morgan fingerprint density at radius 1 is 1.22 bits per heavy atom. The number of terminal acetylenes is 1. The van der Waals surface area contributed by atoms with Crippen LogP contribution in [0, 0.1) is 19.3 Å². The molecule has 0 heterocycles. The van der Waals surface area contributed by atoms with Gasteiger partial charge < -0.3 is 5.11 Å². The number of carbonyl (C=O) groups is 1. The quantitative estimate of drug-likeness (QED) is 0.816. The number of rotatable bonds is 6. The first-order valence-electron chi connectivity index (χ1n) is 7.22. The molecule has 0 aliphatic heterocycles. The van der Waals surface area contributed by atoms with E-state index < -0.39 is 5.97 Å². The summed E-state index contributed by atoms with van der Waals surface area (Å²) in [6.07, 6.45) is 5.46. The first-order chi connectivity index (χ1) is 11.0. The minimum Gasteiger partial charge on any atom is -0.478 e. The van der Waals surface area contributed by atoms with Gasteiger partial charge in [-0.2, -0.15) is 0 Å². The fraction of sp³-hybridized carbons (Fsp3) is 0.211. The van der Waals surface area contributed by atoms with Gasteiger partial charge in [0.1, 0.15) is 0 Å². The van der Waals surface area contributed by atoms with E-state index in [-0.39, 0.29) is 5.56 Å². The average molecular weight is 328 g/mol. The molecule has 2 aromatic rings. The minimum absolute atomic E-state index is 0.181. The third-order valence-corrected chi connectivity index (χ3v) is 3.89. The van der Waals surface area contributed by atoms with Gasteiger partial charge in [0.25, 0.3) is 0 Å². The standard InChI is InChI=1S/C19H18ClNO2/c1-3-10-21(12-15-6-4-14(2)5-7-15)13-17-9-8-16(19(22)23)11-18(17)20/h1,4-9,11H,10,12-13H2,2H3,(H,22,23). The van der Waals surface area contributed by atoms with E-state index in [0.29, 0.717) is 24.7 Å². The molecule has 0 amide bonds. The molecule has 1 N–H and O–H groups in total. The van der Waals surface area contributed by atoms with Crippen molar-refractivity contribution in [2.24, 2.45) is 0 Å². The maximum Gasteiger partial charge on any atom is 0.335 e. The predicted octanol–water partition coefficient (Wildman–Crippen LogP) is 3.98. The number of hydrogen-bond acceptors (Lipinski definition) is 2. The number of hydrogen-bond donors (Lipinski definition) is 1. The molecule has 0 fully saturated rings. The summed E-state index contributed by atoms with van der Waals surface area (Å²) in [7, 11) is 0. The Morgan fingerprint density at radius 2 is 1.91 bits per heavy atom. The topological polar surface area (TPSA) is 40.5 Å². The molecule has 0 saturated heterocycles. The van der Waals surface area contributed by atoms with Crippen molar-refractivity contribution in [1.82, 2.24) is 4.90 Å². The largest absolute Gasteiger partial charge is 0.478 e. The van der Waals surface area contributed by atoms with E-state index in [1.54, 1.807) is 12.1 Å². The molecule has 2 aromatic carbocycles. The molecule has 2 rings (SSSR count). The Morgan fingerprint density at radius 3 is 2.48 bits per heavy atom. The third kappa shape index (κ3) is 4.85. The van der Waals surface area contributed by atoms with E-state index in [9.17, 15) is 4.79 Å². The maximum atomic E-state index is 11.0. The van der Waals surface area contributed by atoms with Crippen molar-refractivity contribution in [3.05, 3.63) is 69.7 Å². The zero-order valence-corrected chi connectivity index (χ0v) is 13.7. The van der Waals surface area contributed by atoms with Gasteiger partial charge in [-0.05, 0) is 30.2 Å². The zero-order chi connectivity index (χ0) is 16.8. The summed E-state index contributed by atoms with van der Waals surface area (Å²) in [4.78, 5) is 13.1. The highest BCUT2D eigenvalue weighted by atomic mass is 35.5. The molecule has 4 heteroatoms.